The molecular formula is C23H31N5O2. The summed E-state index contributed by atoms with van der Waals surface area (Å²) in [5.74, 6) is 0. The normalized spacial score (nSPS) is 14.8. The van der Waals surface area contributed by atoms with Crippen molar-refractivity contribution in [2.24, 2.45) is 0 Å². The number of nitrogens with zero attached hydrogens (tertiary/aromatic N) is 3. The molecule has 1 aliphatic heterocycles. The third kappa shape index (κ3) is 5.58. The predicted molar refractivity (Wildman–Crippen MR) is 120 cm³/mol. The van der Waals surface area contributed by atoms with Gasteiger partial charge in [-0.05, 0) is 39.0 Å². The molecule has 0 aliphatic carbocycles. The molecule has 2 aromatic heterocycles. The van der Waals surface area contributed by atoms with E-state index in [9.17, 15) is 4.79 Å². The second-order valence-electron chi connectivity index (χ2n) is 8.28. The number of hydrogen-bond acceptors (Lipinski definition) is 6. The van der Waals surface area contributed by atoms with E-state index in [-0.39, 0.29) is 5.60 Å². The van der Waals surface area contributed by atoms with Crippen LogP contribution >= 0.6 is 0 Å². The minimum Gasteiger partial charge on any atom is -0.462 e. The standard InChI is InChI=1S/C18H21N5.C5H10O2/c19-15-6-2-1-5-14(15)18-16(13-22-11-8-20-9-12-22)23-10-4-3-7-17(23)21-18;1-5(2,3)7-4-6/h1-7,10,20H,8-9,11-13,19H2;4H,1-3H3. The van der Waals surface area contributed by atoms with Gasteiger partial charge in [0.2, 0.25) is 0 Å². The number of para-hydroxylation sites is 1. The highest BCUT2D eigenvalue weighted by atomic mass is 16.5. The summed E-state index contributed by atoms with van der Waals surface area (Å²) in [7, 11) is 0. The lowest BCUT2D eigenvalue weighted by Crippen LogP contribution is -2.43. The Bertz CT molecular complexity index is 971. The van der Waals surface area contributed by atoms with Gasteiger partial charge in [-0.15, -0.1) is 0 Å². The second kappa shape index (κ2) is 9.73. The molecule has 0 spiro atoms. The Morgan fingerprint density at radius 1 is 1.13 bits per heavy atom. The largest absolute Gasteiger partial charge is 0.462 e. The van der Waals surface area contributed by atoms with Crippen LogP contribution in [-0.2, 0) is 16.1 Å². The van der Waals surface area contributed by atoms with E-state index >= 15 is 0 Å². The number of hydrogen-bond donors (Lipinski definition) is 2. The highest BCUT2D eigenvalue weighted by Crippen LogP contribution is 2.29. The number of piperazine rings is 1. The number of carbonyl (C=O) groups is 1. The fourth-order valence-electron chi connectivity index (χ4n) is 3.35. The number of anilines is 1. The summed E-state index contributed by atoms with van der Waals surface area (Å²) in [6, 6.07) is 14.1. The van der Waals surface area contributed by atoms with E-state index in [1.54, 1.807) is 0 Å². The van der Waals surface area contributed by atoms with E-state index in [0.29, 0.717) is 6.47 Å². The number of aromatic nitrogens is 2. The number of benzene rings is 1. The molecule has 0 unspecified atom stereocenters. The summed E-state index contributed by atoms with van der Waals surface area (Å²) in [4.78, 5) is 16.9. The molecule has 0 amide bonds. The van der Waals surface area contributed by atoms with Gasteiger partial charge in [0.25, 0.3) is 6.47 Å². The minimum atomic E-state index is -0.318. The SMILES string of the molecule is CC(C)(C)OC=O.Nc1ccccc1-c1nc2ccccn2c1CN1CCNCC1. The van der Waals surface area contributed by atoms with Crippen LogP contribution in [0.4, 0.5) is 5.69 Å². The molecule has 0 radical (unpaired) electrons. The first-order valence-corrected chi connectivity index (χ1v) is 10.2. The zero-order valence-corrected chi connectivity index (χ0v) is 18.0. The molecule has 7 nitrogen and oxygen atoms in total. The number of pyridine rings is 1. The van der Waals surface area contributed by atoms with E-state index in [0.717, 1.165) is 55.3 Å². The van der Waals surface area contributed by atoms with Crippen LogP contribution in [-0.4, -0.2) is 52.5 Å². The average molecular weight is 410 g/mol. The van der Waals surface area contributed by atoms with Gasteiger partial charge in [-0.2, -0.15) is 0 Å². The lowest BCUT2D eigenvalue weighted by Gasteiger charge is -2.27. The molecule has 7 heteroatoms. The third-order valence-corrected chi connectivity index (χ3v) is 4.83. The van der Waals surface area contributed by atoms with Gasteiger partial charge in [0, 0.05) is 50.2 Å². The van der Waals surface area contributed by atoms with Crippen LogP contribution in [0.2, 0.25) is 0 Å². The van der Waals surface area contributed by atoms with Crippen molar-refractivity contribution in [2.75, 3.05) is 31.9 Å². The van der Waals surface area contributed by atoms with Crippen LogP contribution in [0.3, 0.4) is 0 Å². The van der Waals surface area contributed by atoms with Crippen molar-refractivity contribution in [2.45, 2.75) is 32.9 Å². The molecule has 1 aliphatic rings. The number of rotatable bonds is 4. The Labute approximate surface area is 177 Å². The first kappa shape index (κ1) is 21.8. The van der Waals surface area contributed by atoms with Crippen molar-refractivity contribution in [1.82, 2.24) is 19.6 Å². The van der Waals surface area contributed by atoms with Gasteiger partial charge in [-0.1, -0.05) is 24.3 Å². The minimum absolute atomic E-state index is 0.318. The summed E-state index contributed by atoms with van der Waals surface area (Å²) in [5.41, 5.74) is 10.8. The van der Waals surface area contributed by atoms with E-state index in [2.05, 4.69) is 31.6 Å². The van der Waals surface area contributed by atoms with Gasteiger partial charge in [0.05, 0.1) is 11.4 Å². The number of ether oxygens (including phenoxy) is 1. The summed E-state index contributed by atoms with van der Waals surface area (Å²) in [6.45, 7) is 11.0. The molecule has 0 saturated carbocycles. The Morgan fingerprint density at radius 3 is 2.47 bits per heavy atom. The molecule has 3 heterocycles. The highest BCUT2D eigenvalue weighted by molar-refractivity contribution is 5.77. The van der Waals surface area contributed by atoms with Crippen molar-refractivity contribution in [3.8, 4) is 11.3 Å². The van der Waals surface area contributed by atoms with E-state index < -0.39 is 0 Å². The molecule has 1 fully saturated rings. The van der Waals surface area contributed by atoms with Crippen LogP contribution < -0.4 is 11.1 Å². The lowest BCUT2D eigenvalue weighted by atomic mass is 10.1. The maximum absolute atomic E-state index is 9.60. The van der Waals surface area contributed by atoms with Crippen LogP contribution in [0, 0.1) is 0 Å². The summed E-state index contributed by atoms with van der Waals surface area (Å²) >= 11 is 0. The Morgan fingerprint density at radius 2 is 1.83 bits per heavy atom. The van der Waals surface area contributed by atoms with Crippen LogP contribution in [0.1, 0.15) is 26.5 Å². The van der Waals surface area contributed by atoms with Crippen molar-refractivity contribution in [3.05, 3.63) is 54.4 Å². The third-order valence-electron chi connectivity index (χ3n) is 4.83. The van der Waals surface area contributed by atoms with Gasteiger partial charge in [0.1, 0.15) is 11.2 Å². The number of fused-ring (bicyclic) bond motifs is 1. The lowest BCUT2D eigenvalue weighted by molar-refractivity contribution is -0.138. The Kier molecular flexibility index (Phi) is 7.07. The zero-order valence-electron chi connectivity index (χ0n) is 18.0. The van der Waals surface area contributed by atoms with Gasteiger partial charge in [-0.25, -0.2) is 4.98 Å². The van der Waals surface area contributed by atoms with Crippen molar-refractivity contribution in [3.63, 3.8) is 0 Å². The van der Waals surface area contributed by atoms with Crippen LogP contribution in [0.25, 0.3) is 16.9 Å². The Hall–Kier alpha value is -2.90. The highest BCUT2D eigenvalue weighted by Gasteiger charge is 2.19. The molecule has 3 aromatic rings. The van der Waals surface area contributed by atoms with Gasteiger partial charge in [-0.3, -0.25) is 9.69 Å². The maximum Gasteiger partial charge on any atom is 0.293 e. The second-order valence-corrected chi connectivity index (χ2v) is 8.28. The summed E-state index contributed by atoms with van der Waals surface area (Å²) in [6.07, 6.45) is 2.09. The Balaban J connectivity index is 0.000000318. The molecule has 4 rings (SSSR count). The van der Waals surface area contributed by atoms with Crippen molar-refractivity contribution in [1.29, 1.82) is 0 Å². The number of nitrogens with one attached hydrogen (secondary N) is 1. The van der Waals surface area contributed by atoms with E-state index in [1.807, 2.05) is 57.2 Å². The molecule has 1 aromatic carbocycles. The first-order chi connectivity index (χ1) is 14.4. The van der Waals surface area contributed by atoms with Crippen molar-refractivity contribution >= 4 is 17.8 Å². The molecule has 3 N–H and O–H groups in total. The van der Waals surface area contributed by atoms with Gasteiger partial charge in [0.15, 0.2) is 0 Å². The fourth-order valence-corrected chi connectivity index (χ4v) is 3.35. The average Bonchev–Trinajstić information content (AvgIpc) is 3.07. The molecule has 0 bridgehead atoms. The molecule has 160 valence electrons. The predicted octanol–water partition coefficient (Wildman–Crippen LogP) is 2.95. The van der Waals surface area contributed by atoms with Gasteiger partial charge < -0.3 is 20.2 Å². The summed E-state index contributed by atoms with van der Waals surface area (Å²) < 4.78 is 6.73. The number of imidazole rings is 1. The number of nitrogen functional groups attached to an aromatic ring is 1. The molecule has 1 saturated heterocycles. The van der Waals surface area contributed by atoms with Gasteiger partial charge >= 0.3 is 0 Å². The fraction of sp³-hybridized carbons (Fsp3) is 0.391. The zero-order chi connectivity index (χ0) is 21.6. The number of nitrogens with two attached hydrogens (primary N) is 1. The quantitative estimate of drug-likeness (QED) is 0.509. The smallest absolute Gasteiger partial charge is 0.293 e. The summed E-state index contributed by atoms with van der Waals surface area (Å²) in [5, 5.41) is 3.40. The molecular weight excluding hydrogens is 378 g/mol. The molecule has 30 heavy (non-hydrogen) atoms. The van der Waals surface area contributed by atoms with Crippen molar-refractivity contribution < 1.29 is 9.53 Å². The van der Waals surface area contributed by atoms with E-state index in [4.69, 9.17) is 10.7 Å². The first-order valence-electron chi connectivity index (χ1n) is 10.2. The monoisotopic (exact) mass is 409 g/mol. The van der Waals surface area contributed by atoms with Crippen LogP contribution in [0.15, 0.2) is 48.7 Å². The maximum atomic E-state index is 9.60. The van der Waals surface area contributed by atoms with E-state index in [1.165, 1.54) is 5.69 Å². The molecule has 0 atom stereocenters. The topological polar surface area (TPSA) is 84.9 Å². The van der Waals surface area contributed by atoms with Crippen LogP contribution in [0.5, 0.6) is 0 Å². The number of carbonyl (C=O) groups excluding carboxylic acids is 1.